The molecule has 0 aromatic carbocycles. The SMILES string of the molecule is Cc1cnc(C(=O)N2CC[C@@H](c3ncc(C)[nH]3)C2)cn1. The second kappa shape index (κ2) is 5.03. The zero-order chi connectivity index (χ0) is 14.1. The monoisotopic (exact) mass is 271 g/mol. The molecule has 2 aromatic rings. The summed E-state index contributed by atoms with van der Waals surface area (Å²) in [7, 11) is 0. The molecule has 0 unspecified atom stereocenters. The number of H-pyrrole nitrogens is 1. The molecule has 3 rings (SSSR count). The smallest absolute Gasteiger partial charge is 0.274 e. The molecule has 104 valence electrons. The number of aryl methyl sites for hydroxylation is 2. The molecule has 1 aliphatic heterocycles. The molecule has 6 nitrogen and oxygen atoms in total. The van der Waals surface area contributed by atoms with E-state index in [0.717, 1.165) is 30.2 Å². The van der Waals surface area contributed by atoms with Crippen LogP contribution in [-0.2, 0) is 0 Å². The summed E-state index contributed by atoms with van der Waals surface area (Å²) in [6, 6.07) is 0. The van der Waals surface area contributed by atoms with Gasteiger partial charge < -0.3 is 9.88 Å². The Labute approximate surface area is 117 Å². The van der Waals surface area contributed by atoms with Crippen molar-refractivity contribution in [3.05, 3.63) is 41.5 Å². The zero-order valence-electron chi connectivity index (χ0n) is 11.6. The minimum absolute atomic E-state index is 0.0525. The number of hydrogen-bond acceptors (Lipinski definition) is 4. The summed E-state index contributed by atoms with van der Waals surface area (Å²) in [4.78, 5) is 30.0. The van der Waals surface area contributed by atoms with Crippen LogP contribution in [0.15, 0.2) is 18.6 Å². The average molecular weight is 271 g/mol. The fourth-order valence-corrected chi connectivity index (χ4v) is 2.47. The standard InChI is InChI=1S/C14H17N5O/c1-9-5-16-12(7-15-9)14(20)19-4-3-11(8-19)13-17-6-10(2)18-13/h5-7,11H,3-4,8H2,1-2H3,(H,17,18)/t11-/m1/s1. The summed E-state index contributed by atoms with van der Waals surface area (Å²) in [6.07, 6.45) is 5.92. The maximum Gasteiger partial charge on any atom is 0.274 e. The van der Waals surface area contributed by atoms with Gasteiger partial charge in [-0.25, -0.2) is 9.97 Å². The molecule has 1 N–H and O–H groups in total. The van der Waals surface area contributed by atoms with Crippen LogP contribution in [-0.4, -0.2) is 43.8 Å². The second-order valence-electron chi connectivity index (χ2n) is 5.23. The van der Waals surface area contributed by atoms with Crippen LogP contribution in [0.25, 0.3) is 0 Å². The van der Waals surface area contributed by atoms with E-state index in [0.29, 0.717) is 12.2 Å². The highest BCUT2D eigenvalue weighted by Crippen LogP contribution is 2.25. The first-order chi connectivity index (χ1) is 9.63. The first-order valence-corrected chi connectivity index (χ1v) is 6.73. The summed E-state index contributed by atoms with van der Waals surface area (Å²) >= 11 is 0. The summed E-state index contributed by atoms with van der Waals surface area (Å²) in [5.74, 6) is 1.20. The summed E-state index contributed by atoms with van der Waals surface area (Å²) < 4.78 is 0. The number of rotatable bonds is 2. The Kier molecular flexibility index (Phi) is 3.22. The highest BCUT2D eigenvalue weighted by atomic mass is 16.2. The quantitative estimate of drug-likeness (QED) is 0.897. The Morgan fingerprint density at radius 3 is 2.75 bits per heavy atom. The van der Waals surface area contributed by atoms with Crippen molar-refractivity contribution in [2.24, 2.45) is 0 Å². The molecule has 0 bridgehead atoms. The minimum Gasteiger partial charge on any atom is -0.346 e. The van der Waals surface area contributed by atoms with Gasteiger partial charge in [-0.2, -0.15) is 0 Å². The topological polar surface area (TPSA) is 74.8 Å². The van der Waals surface area contributed by atoms with Crippen molar-refractivity contribution in [2.75, 3.05) is 13.1 Å². The number of carbonyl (C=O) groups is 1. The van der Waals surface area contributed by atoms with Crippen LogP contribution in [0.3, 0.4) is 0 Å². The number of aromatic nitrogens is 4. The molecule has 1 fully saturated rings. The van der Waals surface area contributed by atoms with Crippen LogP contribution in [0.5, 0.6) is 0 Å². The van der Waals surface area contributed by atoms with Crippen LogP contribution < -0.4 is 0 Å². The predicted molar refractivity (Wildman–Crippen MR) is 73.4 cm³/mol. The van der Waals surface area contributed by atoms with Gasteiger partial charge in [0.25, 0.3) is 5.91 Å². The van der Waals surface area contributed by atoms with E-state index < -0.39 is 0 Å². The number of likely N-dealkylation sites (tertiary alicyclic amines) is 1. The van der Waals surface area contributed by atoms with E-state index >= 15 is 0 Å². The third-order valence-corrected chi connectivity index (χ3v) is 3.58. The summed E-state index contributed by atoms with van der Waals surface area (Å²) in [6.45, 7) is 5.25. The van der Waals surface area contributed by atoms with Crippen LogP contribution >= 0.6 is 0 Å². The molecule has 1 saturated heterocycles. The average Bonchev–Trinajstić information content (AvgIpc) is 3.07. The minimum atomic E-state index is -0.0525. The van der Waals surface area contributed by atoms with Crippen molar-refractivity contribution in [2.45, 2.75) is 26.2 Å². The third-order valence-electron chi connectivity index (χ3n) is 3.58. The largest absolute Gasteiger partial charge is 0.346 e. The molecule has 0 saturated carbocycles. The van der Waals surface area contributed by atoms with Gasteiger partial charge in [-0.3, -0.25) is 9.78 Å². The van der Waals surface area contributed by atoms with E-state index in [-0.39, 0.29) is 11.8 Å². The number of nitrogens with zero attached hydrogens (tertiary/aromatic N) is 4. The number of hydrogen-bond donors (Lipinski definition) is 1. The molecule has 1 amide bonds. The molecule has 0 spiro atoms. The first-order valence-electron chi connectivity index (χ1n) is 6.73. The van der Waals surface area contributed by atoms with E-state index in [1.807, 2.05) is 24.9 Å². The molecule has 20 heavy (non-hydrogen) atoms. The van der Waals surface area contributed by atoms with E-state index in [2.05, 4.69) is 19.9 Å². The molecule has 0 aliphatic carbocycles. The van der Waals surface area contributed by atoms with Gasteiger partial charge in [0, 0.05) is 37.1 Å². The number of nitrogens with one attached hydrogen (secondary N) is 1. The Morgan fingerprint density at radius 1 is 1.25 bits per heavy atom. The summed E-state index contributed by atoms with van der Waals surface area (Å²) in [5.41, 5.74) is 2.27. The second-order valence-corrected chi connectivity index (χ2v) is 5.23. The Bertz CT molecular complexity index is 619. The molecule has 0 radical (unpaired) electrons. The van der Waals surface area contributed by atoms with Crippen molar-refractivity contribution < 1.29 is 4.79 Å². The molecule has 1 aliphatic rings. The Morgan fingerprint density at radius 2 is 2.10 bits per heavy atom. The highest BCUT2D eigenvalue weighted by molar-refractivity contribution is 5.92. The maximum atomic E-state index is 12.3. The van der Waals surface area contributed by atoms with E-state index in [9.17, 15) is 4.79 Å². The lowest BCUT2D eigenvalue weighted by atomic mass is 10.1. The molecule has 1 atom stereocenters. The number of amides is 1. The normalized spacial score (nSPS) is 18.5. The van der Waals surface area contributed by atoms with Gasteiger partial charge in [0.2, 0.25) is 0 Å². The van der Waals surface area contributed by atoms with E-state index in [1.165, 1.54) is 0 Å². The lowest BCUT2D eigenvalue weighted by Gasteiger charge is -2.15. The van der Waals surface area contributed by atoms with Crippen LogP contribution in [0, 0.1) is 13.8 Å². The number of carbonyl (C=O) groups excluding carboxylic acids is 1. The highest BCUT2D eigenvalue weighted by Gasteiger charge is 2.30. The van der Waals surface area contributed by atoms with Gasteiger partial charge in [-0.05, 0) is 20.3 Å². The van der Waals surface area contributed by atoms with Gasteiger partial charge in [0.1, 0.15) is 11.5 Å². The fraction of sp³-hybridized carbons (Fsp3) is 0.429. The predicted octanol–water partition coefficient (Wildman–Crippen LogP) is 1.45. The molecule has 2 aromatic heterocycles. The van der Waals surface area contributed by atoms with Crippen molar-refractivity contribution >= 4 is 5.91 Å². The van der Waals surface area contributed by atoms with E-state index in [1.54, 1.807) is 12.4 Å². The molecule has 3 heterocycles. The number of imidazole rings is 1. The van der Waals surface area contributed by atoms with Crippen molar-refractivity contribution in [3.8, 4) is 0 Å². The Hall–Kier alpha value is -2.24. The number of aromatic amines is 1. The van der Waals surface area contributed by atoms with Gasteiger partial charge in [-0.1, -0.05) is 0 Å². The third kappa shape index (κ3) is 2.41. The lowest BCUT2D eigenvalue weighted by molar-refractivity contribution is 0.0784. The molecule has 6 heteroatoms. The first kappa shape index (κ1) is 12.8. The fourth-order valence-electron chi connectivity index (χ4n) is 2.47. The van der Waals surface area contributed by atoms with Crippen LogP contribution in [0.2, 0.25) is 0 Å². The van der Waals surface area contributed by atoms with Crippen LogP contribution in [0.1, 0.15) is 40.0 Å². The maximum absolute atomic E-state index is 12.3. The van der Waals surface area contributed by atoms with Crippen molar-refractivity contribution in [1.29, 1.82) is 0 Å². The van der Waals surface area contributed by atoms with Crippen LogP contribution in [0.4, 0.5) is 0 Å². The molecular formula is C14H17N5O. The zero-order valence-corrected chi connectivity index (χ0v) is 11.6. The van der Waals surface area contributed by atoms with Gasteiger partial charge in [-0.15, -0.1) is 0 Å². The lowest BCUT2D eigenvalue weighted by Crippen LogP contribution is -2.29. The van der Waals surface area contributed by atoms with Gasteiger partial charge in [0.15, 0.2) is 0 Å². The van der Waals surface area contributed by atoms with Gasteiger partial charge >= 0.3 is 0 Å². The Balaban J connectivity index is 1.70. The summed E-state index contributed by atoms with van der Waals surface area (Å²) in [5, 5.41) is 0. The van der Waals surface area contributed by atoms with E-state index in [4.69, 9.17) is 0 Å². The van der Waals surface area contributed by atoms with Gasteiger partial charge in [0.05, 0.1) is 11.9 Å². The van der Waals surface area contributed by atoms with Crippen molar-refractivity contribution in [1.82, 2.24) is 24.8 Å². The van der Waals surface area contributed by atoms with Crippen molar-refractivity contribution in [3.63, 3.8) is 0 Å². The molecular weight excluding hydrogens is 254 g/mol.